The molecule has 0 aliphatic carbocycles. The highest BCUT2D eigenvalue weighted by molar-refractivity contribution is 5.76. The van der Waals surface area contributed by atoms with Crippen LogP contribution in [0.1, 0.15) is 226 Å². The van der Waals surface area contributed by atoms with Gasteiger partial charge in [0.25, 0.3) is 0 Å². The number of hydrogen-bond acceptors (Lipinski definition) is 4. The first-order valence-electron chi connectivity index (χ1n) is 23.6. The van der Waals surface area contributed by atoms with Crippen molar-refractivity contribution in [3.05, 3.63) is 60.8 Å². The molecule has 0 saturated heterocycles. The Morgan fingerprint density at radius 3 is 1.27 bits per heavy atom. The number of aliphatic hydroxyl groups excluding tert-OH is 3. The molecule has 55 heavy (non-hydrogen) atoms. The molecule has 3 atom stereocenters. The minimum absolute atomic E-state index is 0.00530. The molecule has 1 amide bonds. The number of carbonyl (C=O) groups is 1. The van der Waals surface area contributed by atoms with E-state index in [9.17, 15) is 20.1 Å². The molecule has 0 aromatic rings. The molecule has 0 spiro atoms. The minimum Gasteiger partial charge on any atom is -0.394 e. The second-order valence-corrected chi connectivity index (χ2v) is 16.0. The molecule has 0 aromatic heterocycles. The van der Waals surface area contributed by atoms with Crippen LogP contribution < -0.4 is 5.32 Å². The van der Waals surface area contributed by atoms with Crippen LogP contribution >= 0.6 is 0 Å². The molecule has 0 heterocycles. The summed E-state index contributed by atoms with van der Waals surface area (Å²) < 4.78 is 0. The highest BCUT2D eigenvalue weighted by atomic mass is 16.3. The number of nitrogens with one attached hydrogen (secondary N) is 1. The van der Waals surface area contributed by atoms with Crippen LogP contribution in [0.3, 0.4) is 0 Å². The summed E-state index contributed by atoms with van der Waals surface area (Å²) >= 11 is 0. The number of allylic oxidation sites excluding steroid dienone is 9. The van der Waals surface area contributed by atoms with Gasteiger partial charge in [0, 0.05) is 0 Å². The van der Waals surface area contributed by atoms with Crippen molar-refractivity contribution >= 4 is 5.91 Å². The Bertz CT molecular complexity index is 938. The zero-order valence-corrected chi connectivity index (χ0v) is 36.3. The molecule has 320 valence electrons. The van der Waals surface area contributed by atoms with Crippen molar-refractivity contribution in [2.75, 3.05) is 6.61 Å². The van der Waals surface area contributed by atoms with Crippen LogP contribution in [-0.2, 0) is 4.79 Å². The topological polar surface area (TPSA) is 89.8 Å². The maximum Gasteiger partial charge on any atom is 0.222 e. The molecule has 0 saturated carbocycles. The Kier molecular flexibility index (Phi) is 43.2. The number of aliphatic hydroxyl groups is 3. The molecule has 0 radical (unpaired) electrons. The average molecular weight is 770 g/mol. The third kappa shape index (κ3) is 41.5. The van der Waals surface area contributed by atoms with Gasteiger partial charge in [-0.1, -0.05) is 203 Å². The van der Waals surface area contributed by atoms with Crippen molar-refractivity contribution in [3.8, 4) is 0 Å². The first-order valence-corrected chi connectivity index (χ1v) is 23.6. The minimum atomic E-state index is -0.964. The van der Waals surface area contributed by atoms with Crippen LogP contribution in [0.4, 0.5) is 0 Å². The maximum atomic E-state index is 12.5. The van der Waals surface area contributed by atoms with Gasteiger partial charge in [-0.3, -0.25) is 4.79 Å². The summed E-state index contributed by atoms with van der Waals surface area (Å²) in [6, 6.07) is -0.772. The fraction of sp³-hybridized carbons (Fsp3) is 0.780. The van der Waals surface area contributed by atoms with E-state index in [1.54, 1.807) is 6.08 Å². The molecule has 0 aliphatic rings. The van der Waals surface area contributed by atoms with E-state index in [0.29, 0.717) is 6.42 Å². The van der Waals surface area contributed by atoms with Crippen LogP contribution in [0.2, 0.25) is 0 Å². The van der Waals surface area contributed by atoms with Crippen molar-refractivity contribution in [1.29, 1.82) is 0 Å². The lowest BCUT2D eigenvalue weighted by molar-refractivity contribution is -0.124. The quantitative estimate of drug-likeness (QED) is 0.0368. The maximum absolute atomic E-state index is 12.5. The Labute approximate surface area is 341 Å². The van der Waals surface area contributed by atoms with Crippen LogP contribution in [0.15, 0.2) is 60.8 Å². The van der Waals surface area contributed by atoms with E-state index in [-0.39, 0.29) is 18.9 Å². The Morgan fingerprint density at radius 2 is 0.836 bits per heavy atom. The third-order valence-electron chi connectivity index (χ3n) is 10.5. The lowest BCUT2D eigenvalue weighted by Gasteiger charge is -2.21. The molecule has 5 nitrogen and oxygen atoms in total. The molecule has 0 fully saturated rings. The van der Waals surface area contributed by atoms with Gasteiger partial charge in [-0.2, -0.15) is 0 Å². The molecule has 3 unspecified atom stereocenters. The highest BCUT2D eigenvalue weighted by Gasteiger charge is 2.20. The van der Waals surface area contributed by atoms with Crippen LogP contribution in [-0.4, -0.2) is 46.1 Å². The Balaban J connectivity index is 3.73. The van der Waals surface area contributed by atoms with Crippen molar-refractivity contribution in [1.82, 2.24) is 5.32 Å². The molecule has 0 rings (SSSR count). The van der Waals surface area contributed by atoms with E-state index in [1.165, 1.54) is 148 Å². The fourth-order valence-electron chi connectivity index (χ4n) is 6.87. The standard InChI is InChI=1S/C50H91NO4/c1-3-5-7-9-11-13-15-17-19-21-22-23-24-25-26-28-29-31-33-35-37-39-41-43-47(53)45-50(55)51-48(46-52)49(54)44-42-40-38-36-34-32-30-27-20-18-16-14-12-10-8-6-4-2/h20,22-23,25-27,34,36,42,44,47-49,52-54H,3-19,21,24,28-33,35,37-41,43,45-46H2,1-2H3,(H,51,55)/b23-22-,26-25-,27-20+,36-34+,44-42+. The van der Waals surface area contributed by atoms with Gasteiger partial charge in [0.1, 0.15) is 0 Å². The average Bonchev–Trinajstić information content (AvgIpc) is 3.18. The van der Waals surface area contributed by atoms with Crippen molar-refractivity contribution in [2.45, 2.75) is 244 Å². The summed E-state index contributed by atoms with van der Waals surface area (Å²) in [5, 5.41) is 33.2. The predicted molar refractivity (Wildman–Crippen MR) is 240 cm³/mol. The summed E-state index contributed by atoms with van der Waals surface area (Å²) in [6.07, 6.45) is 59.4. The molecular weight excluding hydrogens is 679 g/mol. The largest absolute Gasteiger partial charge is 0.394 e. The van der Waals surface area contributed by atoms with E-state index in [2.05, 4.69) is 67.8 Å². The first-order chi connectivity index (χ1) is 27.0. The van der Waals surface area contributed by atoms with E-state index >= 15 is 0 Å². The highest BCUT2D eigenvalue weighted by Crippen LogP contribution is 2.14. The lowest BCUT2D eigenvalue weighted by Crippen LogP contribution is -2.45. The summed E-state index contributed by atoms with van der Waals surface area (Å²) in [4.78, 5) is 12.5. The number of hydrogen-bond donors (Lipinski definition) is 4. The smallest absolute Gasteiger partial charge is 0.222 e. The normalized spacial score (nSPS) is 14.1. The number of rotatable bonds is 42. The van der Waals surface area contributed by atoms with Gasteiger partial charge in [0.05, 0.1) is 31.3 Å². The van der Waals surface area contributed by atoms with Crippen LogP contribution in [0.5, 0.6) is 0 Å². The van der Waals surface area contributed by atoms with Crippen LogP contribution in [0.25, 0.3) is 0 Å². The Morgan fingerprint density at radius 1 is 0.473 bits per heavy atom. The summed E-state index contributed by atoms with van der Waals surface area (Å²) in [7, 11) is 0. The van der Waals surface area contributed by atoms with Crippen molar-refractivity contribution in [2.24, 2.45) is 0 Å². The predicted octanol–water partition coefficient (Wildman–Crippen LogP) is 13.9. The zero-order valence-electron chi connectivity index (χ0n) is 36.3. The fourth-order valence-corrected chi connectivity index (χ4v) is 6.87. The molecule has 5 heteroatoms. The summed E-state index contributed by atoms with van der Waals surface area (Å²) in [5.41, 5.74) is 0. The van der Waals surface area contributed by atoms with Crippen molar-refractivity contribution in [3.63, 3.8) is 0 Å². The Hall–Kier alpha value is -1.95. The number of unbranched alkanes of at least 4 members (excludes halogenated alkanes) is 25. The van der Waals surface area contributed by atoms with Crippen LogP contribution in [0, 0.1) is 0 Å². The third-order valence-corrected chi connectivity index (χ3v) is 10.5. The monoisotopic (exact) mass is 770 g/mol. The van der Waals surface area contributed by atoms with E-state index in [4.69, 9.17) is 0 Å². The number of carbonyl (C=O) groups excluding carboxylic acids is 1. The van der Waals surface area contributed by atoms with E-state index in [1.807, 2.05) is 6.08 Å². The van der Waals surface area contributed by atoms with E-state index in [0.717, 1.165) is 51.4 Å². The first kappa shape index (κ1) is 53.0. The van der Waals surface area contributed by atoms with Crippen molar-refractivity contribution < 1.29 is 20.1 Å². The van der Waals surface area contributed by atoms with Gasteiger partial charge in [-0.15, -0.1) is 0 Å². The molecule has 4 N–H and O–H groups in total. The second-order valence-electron chi connectivity index (χ2n) is 16.0. The summed E-state index contributed by atoms with van der Waals surface area (Å²) in [6.45, 7) is 4.19. The molecule has 0 bridgehead atoms. The zero-order chi connectivity index (χ0) is 40.1. The van der Waals surface area contributed by atoms with Gasteiger partial charge in [0.2, 0.25) is 5.91 Å². The van der Waals surface area contributed by atoms with Gasteiger partial charge in [-0.05, 0) is 77.0 Å². The SMILES string of the molecule is CCCCCCCCC/C=C/CC/C=C/CC/C=C/C(O)C(CO)NC(=O)CC(O)CCCCCCCCC/C=C\C/C=C\CCCCCCCCCCC. The molecule has 0 aromatic carbocycles. The van der Waals surface area contributed by atoms with Gasteiger partial charge < -0.3 is 20.6 Å². The summed E-state index contributed by atoms with van der Waals surface area (Å²) in [5.74, 6) is -0.336. The molecule has 0 aliphatic heterocycles. The molecular formula is C50H91NO4. The van der Waals surface area contributed by atoms with E-state index < -0.39 is 18.2 Å². The lowest BCUT2D eigenvalue weighted by atomic mass is 10.0. The second kappa shape index (κ2) is 44.8. The van der Waals surface area contributed by atoms with Gasteiger partial charge >= 0.3 is 0 Å². The van der Waals surface area contributed by atoms with Gasteiger partial charge in [-0.25, -0.2) is 0 Å². The van der Waals surface area contributed by atoms with Gasteiger partial charge in [0.15, 0.2) is 0 Å². The number of amides is 1.